The van der Waals surface area contributed by atoms with Crippen molar-refractivity contribution in [2.75, 3.05) is 0 Å². The average molecular weight is 779 g/mol. The molecule has 58 heavy (non-hydrogen) atoms. The highest BCUT2D eigenvalue weighted by Crippen LogP contribution is 2.50. The first-order valence-corrected chi connectivity index (χ1v) is 22.8. The highest BCUT2D eigenvalue weighted by molar-refractivity contribution is 6.27. The van der Waals surface area contributed by atoms with Gasteiger partial charge in [0.2, 0.25) is 0 Å². The lowest BCUT2D eigenvalue weighted by molar-refractivity contribution is -0.135. The molecule has 4 heteroatoms. The van der Waals surface area contributed by atoms with Gasteiger partial charge in [0.25, 0.3) is 0 Å². The van der Waals surface area contributed by atoms with E-state index >= 15 is 0 Å². The van der Waals surface area contributed by atoms with Gasteiger partial charge in [-0.15, -0.1) is 0 Å². The molecule has 6 rings (SSSR count). The zero-order chi connectivity index (χ0) is 40.7. The molecule has 0 saturated heterocycles. The molecule has 4 nitrogen and oxygen atoms in total. The number of hydrogen-bond acceptors (Lipinski definition) is 4. The molecule has 0 heterocycles. The fourth-order valence-electron chi connectivity index (χ4n) is 8.63. The van der Waals surface area contributed by atoms with Crippen LogP contribution in [0.4, 0.5) is 0 Å². The first-order valence-electron chi connectivity index (χ1n) is 22.8. The van der Waals surface area contributed by atoms with Gasteiger partial charge in [-0.25, -0.2) is 0 Å². The normalized spacial score (nSPS) is 11.6. The third-order valence-corrected chi connectivity index (χ3v) is 11.9. The monoisotopic (exact) mass is 778 g/mol. The molecule has 0 spiro atoms. The number of carbonyl (C=O) groups excluding carboxylic acids is 2. The summed E-state index contributed by atoms with van der Waals surface area (Å²) >= 11 is 0. The zero-order valence-corrected chi connectivity index (χ0v) is 35.9. The summed E-state index contributed by atoms with van der Waals surface area (Å²) in [6.45, 7) is 8.92. The minimum atomic E-state index is -0.173. The molecule has 0 saturated carbocycles. The summed E-state index contributed by atoms with van der Waals surface area (Å²) in [5, 5.41) is 7.98. The van der Waals surface area contributed by atoms with Crippen molar-refractivity contribution in [3.05, 3.63) is 96.1 Å². The molecule has 0 amide bonds. The van der Waals surface area contributed by atoms with Crippen LogP contribution in [0, 0.1) is 0 Å². The molecule has 0 radical (unpaired) electrons. The van der Waals surface area contributed by atoms with Crippen LogP contribution in [0.1, 0.15) is 154 Å². The lowest BCUT2D eigenvalue weighted by atomic mass is 9.84. The molecule has 6 aromatic rings. The second-order valence-electron chi connectivity index (χ2n) is 16.5. The lowest BCUT2D eigenvalue weighted by Crippen LogP contribution is -2.09. The zero-order valence-electron chi connectivity index (χ0n) is 35.9. The number of rotatable bonds is 23. The molecule has 0 aliphatic carbocycles. The van der Waals surface area contributed by atoms with E-state index in [-0.39, 0.29) is 11.9 Å². The average Bonchev–Trinajstić information content (AvgIpc) is 3.25. The van der Waals surface area contributed by atoms with Crippen molar-refractivity contribution in [2.45, 2.75) is 156 Å². The van der Waals surface area contributed by atoms with E-state index in [2.05, 4.69) is 100 Å². The number of fused-ring (bicyclic) bond motifs is 4. The van der Waals surface area contributed by atoms with Crippen LogP contribution in [0.5, 0.6) is 11.5 Å². The molecular formula is C54H66O4. The molecule has 0 atom stereocenters. The Balaban J connectivity index is 1.55. The van der Waals surface area contributed by atoms with E-state index in [4.69, 9.17) is 9.47 Å². The number of aryl methyl sites for hydroxylation is 2. The third kappa shape index (κ3) is 10.5. The van der Waals surface area contributed by atoms with Crippen LogP contribution in [-0.4, -0.2) is 11.9 Å². The second kappa shape index (κ2) is 21.9. The van der Waals surface area contributed by atoms with Gasteiger partial charge in [0.1, 0.15) is 11.5 Å². The lowest BCUT2D eigenvalue weighted by Gasteiger charge is -2.22. The Morgan fingerprint density at radius 2 is 0.724 bits per heavy atom. The Morgan fingerprint density at radius 1 is 0.379 bits per heavy atom. The highest BCUT2D eigenvalue weighted by atomic mass is 16.5. The topological polar surface area (TPSA) is 52.6 Å². The van der Waals surface area contributed by atoms with Crippen LogP contribution in [0.3, 0.4) is 0 Å². The molecule has 0 unspecified atom stereocenters. The molecule has 0 aliphatic heterocycles. The van der Waals surface area contributed by atoms with E-state index in [1.165, 1.54) is 49.7 Å². The number of benzene rings is 6. The third-order valence-electron chi connectivity index (χ3n) is 11.9. The van der Waals surface area contributed by atoms with Crippen LogP contribution in [0.15, 0.2) is 84.9 Å². The van der Waals surface area contributed by atoms with E-state index in [0.717, 1.165) is 131 Å². The van der Waals surface area contributed by atoms with Crippen molar-refractivity contribution in [1.29, 1.82) is 0 Å². The van der Waals surface area contributed by atoms with Crippen LogP contribution in [-0.2, 0) is 22.4 Å². The maximum absolute atomic E-state index is 13.6. The van der Waals surface area contributed by atoms with Crippen molar-refractivity contribution in [1.82, 2.24) is 0 Å². The molecule has 306 valence electrons. The summed E-state index contributed by atoms with van der Waals surface area (Å²) < 4.78 is 12.9. The van der Waals surface area contributed by atoms with Gasteiger partial charge in [-0.2, -0.15) is 0 Å². The minimum Gasteiger partial charge on any atom is -0.425 e. The number of esters is 2. The number of ether oxygens (including phenoxy) is 2. The van der Waals surface area contributed by atoms with Gasteiger partial charge in [0.15, 0.2) is 0 Å². The largest absolute Gasteiger partial charge is 0.425 e. The second-order valence-corrected chi connectivity index (χ2v) is 16.5. The Labute approximate surface area is 347 Å². The van der Waals surface area contributed by atoms with Crippen LogP contribution < -0.4 is 9.47 Å². The SMILES string of the molecule is CCCCCCCCC(=O)Oc1c2ccccc2c(-c2c3ccccc3c(OC(=O)CCCCCCCC)c3ccc(CCCC)cc23)c2cc(CCCC)ccc12. The van der Waals surface area contributed by atoms with Crippen LogP contribution in [0.2, 0.25) is 0 Å². The van der Waals surface area contributed by atoms with E-state index in [1.807, 2.05) is 12.1 Å². The molecular weight excluding hydrogens is 713 g/mol. The van der Waals surface area contributed by atoms with Gasteiger partial charge in [-0.05, 0) is 82.3 Å². The van der Waals surface area contributed by atoms with Gasteiger partial charge < -0.3 is 9.47 Å². The van der Waals surface area contributed by atoms with Crippen molar-refractivity contribution in [2.24, 2.45) is 0 Å². The van der Waals surface area contributed by atoms with E-state index in [1.54, 1.807) is 0 Å². The summed E-state index contributed by atoms with van der Waals surface area (Å²) in [6, 6.07) is 30.3. The molecule has 0 fully saturated rings. The van der Waals surface area contributed by atoms with E-state index in [9.17, 15) is 9.59 Å². The quantitative estimate of drug-likeness (QED) is 0.0281. The van der Waals surface area contributed by atoms with Crippen LogP contribution in [0.25, 0.3) is 54.2 Å². The maximum atomic E-state index is 13.6. The van der Waals surface area contributed by atoms with Gasteiger partial charge in [0, 0.05) is 34.4 Å². The van der Waals surface area contributed by atoms with Crippen molar-refractivity contribution < 1.29 is 19.1 Å². The fourth-order valence-corrected chi connectivity index (χ4v) is 8.63. The number of carbonyl (C=O) groups is 2. The van der Waals surface area contributed by atoms with Gasteiger partial charge >= 0.3 is 11.9 Å². The smallest absolute Gasteiger partial charge is 0.311 e. The van der Waals surface area contributed by atoms with Gasteiger partial charge in [-0.1, -0.05) is 190 Å². The van der Waals surface area contributed by atoms with Gasteiger partial charge in [0.05, 0.1) is 0 Å². The Bertz CT molecular complexity index is 2140. The Morgan fingerprint density at radius 3 is 1.12 bits per heavy atom. The summed E-state index contributed by atoms with van der Waals surface area (Å²) in [5.41, 5.74) is 4.79. The number of hydrogen-bond donors (Lipinski definition) is 0. The molecule has 0 aromatic heterocycles. The molecule has 0 N–H and O–H groups in total. The van der Waals surface area contributed by atoms with Crippen molar-refractivity contribution in [3.8, 4) is 22.6 Å². The molecule has 0 bridgehead atoms. The van der Waals surface area contributed by atoms with Gasteiger partial charge in [-0.3, -0.25) is 9.59 Å². The van der Waals surface area contributed by atoms with Crippen LogP contribution >= 0.6 is 0 Å². The molecule has 0 aliphatic rings. The Hall–Kier alpha value is -4.70. The first kappa shape index (κ1) is 42.9. The number of unbranched alkanes of at least 4 members (excludes halogenated alkanes) is 12. The van der Waals surface area contributed by atoms with Crippen molar-refractivity contribution in [3.63, 3.8) is 0 Å². The summed E-state index contributed by atoms with van der Waals surface area (Å²) in [7, 11) is 0. The summed E-state index contributed by atoms with van der Waals surface area (Å²) in [5.74, 6) is 0.941. The first-order chi connectivity index (χ1) is 28.5. The predicted octanol–water partition coefficient (Wildman–Crippen LogP) is 16.0. The Kier molecular flexibility index (Phi) is 16.2. The van der Waals surface area contributed by atoms with E-state index in [0.29, 0.717) is 24.3 Å². The molecule has 6 aromatic carbocycles. The van der Waals surface area contributed by atoms with Crippen molar-refractivity contribution >= 4 is 55.0 Å². The van der Waals surface area contributed by atoms with E-state index < -0.39 is 0 Å². The highest BCUT2D eigenvalue weighted by Gasteiger charge is 2.25. The fraction of sp³-hybridized carbons (Fsp3) is 0.444. The minimum absolute atomic E-state index is 0.173. The maximum Gasteiger partial charge on any atom is 0.311 e. The summed E-state index contributed by atoms with van der Waals surface area (Å²) in [6.07, 6.45) is 20.6. The standard InChI is InChI=1S/C54H66O4/c1-5-9-13-15-17-19-31-49(55)57-53-43-29-23-21-27-41(43)51(47-37-39(25-11-7-3)33-35-45(47)53)52-42-28-22-24-30-44(42)54(58-50(56)32-20-18-16-14-10-6-2)46-36-34-40(26-12-8-4)38-48(46)52/h21-24,27-30,33-38H,5-20,25-26,31-32H2,1-4H3. The summed E-state index contributed by atoms with van der Waals surface area (Å²) in [4.78, 5) is 27.2. The predicted molar refractivity (Wildman–Crippen MR) is 246 cm³/mol.